The number of aromatic nitrogens is 1. The van der Waals surface area contributed by atoms with Gasteiger partial charge in [0.1, 0.15) is 17.4 Å². The number of pyridine rings is 1. The first-order chi connectivity index (χ1) is 12.4. The van der Waals surface area contributed by atoms with Gasteiger partial charge in [-0.05, 0) is 38.1 Å². The van der Waals surface area contributed by atoms with E-state index >= 15 is 0 Å². The van der Waals surface area contributed by atoms with Gasteiger partial charge in [0.25, 0.3) is 5.91 Å². The number of benzene rings is 2. The maximum atomic E-state index is 12.9. The summed E-state index contributed by atoms with van der Waals surface area (Å²) >= 11 is 6.28. The SMILES string of the molecule is Cc1ccc(NC(=O)c2cn3c4c(ccc(Cl)c4c2=O)OC(C)C3)cc1. The molecule has 0 aliphatic carbocycles. The minimum Gasteiger partial charge on any atom is -0.487 e. The fourth-order valence-electron chi connectivity index (χ4n) is 3.23. The standard InChI is InChI=1S/C20H17ClN2O3/c1-11-3-5-13(6-4-11)22-20(25)14-10-23-9-12(2)26-16-8-7-15(21)17(18(16)23)19(14)24/h3-8,10,12H,9H2,1-2H3,(H,22,25). The normalized spacial score (nSPS) is 15.6. The molecule has 0 saturated heterocycles. The Labute approximate surface area is 155 Å². The third kappa shape index (κ3) is 2.74. The molecular weight excluding hydrogens is 352 g/mol. The predicted molar refractivity (Wildman–Crippen MR) is 102 cm³/mol. The summed E-state index contributed by atoms with van der Waals surface area (Å²) in [5.41, 5.74) is 2.02. The summed E-state index contributed by atoms with van der Waals surface area (Å²) in [6.45, 7) is 4.44. The average Bonchev–Trinajstić information content (AvgIpc) is 2.61. The monoisotopic (exact) mass is 368 g/mol. The van der Waals surface area contributed by atoms with E-state index in [2.05, 4.69) is 5.32 Å². The molecule has 0 radical (unpaired) electrons. The fourth-order valence-corrected chi connectivity index (χ4v) is 3.47. The quantitative estimate of drug-likeness (QED) is 0.743. The second-order valence-electron chi connectivity index (χ2n) is 6.54. The number of amides is 1. The Bertz CT molecular complexity index is 1090. The summed E-state index contributed by atoms with van der Waals surface area (Å²) in [6.07, 6.45) is 1.52. The van der Waals surface area contributed by atoms with Crippen molar-refractivity contribution in [3.05, 3.63) is 69.0 Å². The van der Waals surface area contributed by atoms with Gasteiger partial charge in [-0.15, -0.1) is 0 Å². The van der Waals surface area contributed by atoms with Crippen molar-refractivity contribution in [1.29, 1.82) is 0 Å². The zero-order chi connectivity index (χ0) is 18.4. The number of carbonyl (C=O) groups is 1. The Balaban J connectivity index is 1.85. The topological polar surface area (TPSA) is 60.3 Å². The number of hydrogen-bond donors (Lipinski definition) is 1. The maximum absolute atomic E-state index is 12.9. The van der Waals surface area contributed by atoms with Gasteiger partial charge in [0.15, 0.2) is 0 Å². The van der Waals surface area contributed by atoms with E-state index in [1.54, 1.807) is 30.5 Å². The van der Waals surface area contributed by atoms with E-state index in [1.165, 1.54) is 0 Å². The van der Waals surface area contributed by atoms with Crippen molar-refractivity contribution in [2.75, 3.05) is 5.32 Å². The van der Waals surface area contributed by atoms with Crippen LogP contribution >= 0.6 is 11.6 Å². The summed E-state index contributed by atoms with van der Waals surface area (Å²) in [6, 6.07) is 10.8. The molecule has 0 fully saturated rings. The molecule has 0 bridgehead atoms. The van der Waals surface area contributed by atoms with E-state index < -0.39 is 11.3 Å². The highest BCUT2D eigenvalue weighted by atomic mass is 35.5. The molecule has 3 aromatic rings. The van der Waals surface area contributed by atoms with E-state index in [4.69, 9.17) is 16.3 Å². The number of aryl methyl sites for hydroxylation is 1. The predicted octanol–water partition coefficient (Wildman–Crippen LogP) is 4.00. The van der Waals surface area contributed by atoms with Gasteiger partial charge in [0.2, 0.25) is 5.43 Å². The molecule has 2 aromatic carbocycles. The first-order valence-corrected chi connectivity index (χ1v) is 8.72. The number of anilines is 1. The van der Waals surface area contributed by atoms with Crippen LogP contribution in [-0.2, 0) is 6.54 Å². The number of rotatable bonds is 2. The molecule has 132 valence electrons. The molecule has 26 heavy (non-hydrogen) atoms. The summed E-state index contributed by atoms with van der Waals surface area (Å²) in [4.78, 5) is 25.7. The summed E-state index contributed by atoms with van der Waals surface area (Å²) < 4.78 is 7.67. The Morgan fingerprint density at radius 1 is 1.23 bits per heavy atom. The Kier molecular flexibility index (Phi) is 3.96. The summed E-state index contributed by atoms with van der Waals surface area (Å²) in [7, 11) is 0. The highest BCUT2D eigenvalue weighted by molar-refractivity contribution is 6.35. The third-order valence-electron chi connectivity index (χ3n) is 4.47. The number of nitrogens with zero attached hydrogens (tertiary/aromatic N) is 1. The van der Waals surface area contributed by atoms with Crippen molar-refractivity contribution in [2.24, 2.45) is 0 Å². The van der Waals surface area contributed by atoms with Crippen LogP contribution in [0.2, 0.25) is 5.02 Å². The lowest BCUT2D eigenvalue weighted by Gasteiger charge is -2.26. The smallest absolute Gasteiger partial charge is 0.261 e. The van der Waals surface area contributed by atoms with Crippen LogP contribution in [0.15, 0.2) is 47.4 Å². The third-order valence-corrected chi connectivity index (χ3v) is 4.78. The van der Waals surface area contributed by atoms with Gasteiger partial charge in [-0.25, -0.2) is 0 Å². The zero-order valence-electron chi connectivity index (χ0n) is 14.4. The van der Waals surface area contributed by atoms with Gasteiger partial charge >= 0.3 is 0 Å². The maximum Gasteiger partial charge on any atom is 0.261 e. The van der Waals surface area contributed by atoms with Crippen molar-refractivity contribution >= 4 is 34.1 Å². The van der Waals surface area contributed by atoms with Crippen molar-refractivity contribution in [3.63, 3.8) is 0 Å². The highest BCUT2D eigenvalue weighted by Crippen LogP contribution is 2.33. The molecule has 1 atom stereocenters. The molecule has 1 unspecified atom stereocenters. The highest BCUT2D eigenvalue weighted by Gasteiger charge is 2.24. The Morgan fingerprint density at radius 3 is 2.69 bits per heavy atom. The molecule has 2 heterocycles. The average molecular weight is 369 g/mol. The van der Waals surface area contributed by atoms with Crippen molar-refractivity contribution in [3.8, 4) is 5.75 Å². The molecule has 0 spiro atoms. The lowest BCUT2D eigenvalue weighted by Crippen LogP contribution is -2.30. The number of halogens is 1. The lowest BCUT2D eigenvalue weighted by atomic mass is 10.1. The van der Waals surface area contributed by atoms with Crippen LogP contribution in [0.25, 0.3) is 10.9 Å². The molecule has 1 amide bonds. The molecule has 5 nitrogen and oxygen atoms in total. The van der Waals surface area contributed by atoms with E-state index in [9.17, 15) is 9.59 Å². The van der Waals surface area contributed by atoms with Gasteiger partial charge in [0, 0.05) is 11.9 Å². The molecule has 6 heteroatoms. The number of carbonyl (C=O) groups excluding carboxylic acids is 1. The van der Waals surface area contributed by atoms with E-state index in [0.29, 0.717) is 33.9 Å². The second kappa shape index (κ2) is 6.18. The van der Waals surface area contributed by atoms with Gasteiger partial charge in [-0.3, -0.25) is 9.59 Å². The van der Waals surface area contributed by atoms with Crippen LogP contribution in [0.3, 0.4) is 0 Å². The van der Waals surface area contributed by atoms with Crippen LogP contribution in [0.5, 0.6) is 5.75 Å². The molecular formula is C20H17ClN2O3. The first-order valence-electron chi connectivity index (χ1n) is 8.34. The van der Waals surface area contributed by atoms with Crippen LogP contribution in [0.4, 0.5) is 5.69 Å². The van der Waals surface area contributed by atoms with Crippen molar-refractivity contribution in [1.82, 2.24) is 4.57 Å². The van der Waals surface area contributed by atoms with Crippen molar-refractivity contribution in [2.45, 2.75) is 26.5 Å². The Hall–Kier alpha value is -2.79. The van der Waals surface area contributed by atoms with E-state index in [0.717, 1.165) is 5.56 Å². The van der Waals surface area contributed by atoms with E-state index in [-0.39, 0.29) is 11.7 Å². The first kappa shape index (κ1) is 16.7. The summed E-state index contributed by atoms with van der Waals surface area (Å²) in [5.74, 6) is 0.149. The minimum absolute atomic E-state index is 0.0613. The van der Waals surface area contributed by atoms with Crippen LogP contribution in [-0.4, -0.2) is 16.6 Å². The van der Waals surface area contributed by atoms with Crippen LogP contribution in [0.1, 0.15) is 22.8 Å². The van der Waals surface area contributed by atoms with E-state index in [1.807, 2.05) is 30.5 Å². The largest absolute Gasteiger partial charge is 0.487 e. The fraction of sp³-hybridized carbons (Fsp3) is 0.200. The van der Waals surface area contributed by atoms with Gasteiger partial charge in [-0.2, -0.15) is 0 Å². The zero-order valence-corrected chi connectivity index (χ0v) is 15.1. The molecule has 1 aliphatic heterocycles. The van der Waals surface area contributed by atoms with Gasteiger partial charge in [-0.1, -0.05) is 29.3 Å². The molecule has 1 N–H and O–H groups in total. The van der Waals surface area contributed by atoms with Crippen molar-refractivity contribution < 1.29 is 9.53 Å². The molecule has 0 saturated carbocycles. The molecule has 4 rings (SSSR count). The lowest BCUT2D eigenvalue weighted by molar-refractivity contribution is 0.102. The second-order valence-corrected chi connectivity index (χ2v) is 6.95. The molecule has 1 aromatic heterocycles. The van der Waals surface area contributed by atoms with Gasteiger partial charge in [0.05, 0.1) is 22.5 Å². The minimum atomic E-state index is -0.454. The van der Waals surface area contributed by atoms with Crippen LogP contribution in [0, 0.1) is 6.92 Å². The molecule has 1 aliphatic rings. The Morgan fingerprint density at radius 2 is 1.96 bits per heavy atom. The number of nitrogens with one attached hydrogen (secondary N) is 1. The van der Waals surface area contributed by atoms with Gasteiger partial charge < -0.3 is 14.6 Å². The summed E-state index contributed by atoms with van der Waals surface area (Å²) in [5, 5.41) is 3.40. The van der Waals surface area contributed by atoms with Crippen LogP contribution < -0.4 is 15.5 Å². The number of hydrogen-bond acceptors (Lipinski definition) is 3. The number of ether oxygens (including phenoxy) is 1.